The highest BCUT2D eigenvalue weighted by Gasteiger charge is 2.15. The molecule has 1 N–H and O–H groups in total. The topological polar surface area (TPSA) is 106 Å². The van der Waals surface area contributed by atoms with Crippen molar-refractivity contribution in [3.8, 4) is 23.3 Å². The zero-order chi connectivity index (χ0) is 26.9. The summed E-state index contributed by atoms with van der Waals surface area (Å²) in [5.41, 5.74) is 2.85. The molecule has 8 nitrogen and oxygen atoms in total. The van der Waals surface area contributed by atoms with Gasteiger partial charge in [0.2, 0.25) is 5.13 Å². The molecule has 2 aromatic carbocycles. The minimum Gasteiger partial charge on any atom is -0.493 e. The Morgan fingerprint density at radius 2 is 1.76 bits per heavy atom. The Morgan fingerprint density at radius 1 is 1.03 bits per heavy atom. The van der Waals surface area contributed by atoms with Crippen LogP contribution in [0, 0.1) is 18.3 Å². The first-order valence-electron chi connectivity index (χ1n) is 12.0. The summed E-state index contributed by atoms with van der Waals surface area (Å²) in [4.78, 5) is 12.6. The van der Waals surface area contributed by atoms with Gasteiger partial charge in [-0.05, 0) is 53.8 Å². The van der Waals surface area contributed by atoms with E-state index in [1.807, 2.05) is 32.9 Å². The maximum atomic E-state index is 12.6. The number of benzene rings is 2. The number of hydrogen-bond donors (Lipinski definition) is 1. The number of aryl methyl sites for hydroxylation is 1. The largest absolute Gasteiger partial charge is 0.493 e. The standard InChI is InChI=1S/C28H32N4O4S/c1-17(2)22-9-7-19(5)13-24(22)36-12-11-35-23-10-8-20(15-25(23)34-6)14-21(16-29)26(33)30-28-32-31-27(37-28)18(3)4/h7-10,13-15,17-18H,11-12H2,1-6H3,(H,30,32,33). The third-order valence-corrected chi connectivity index (χ3v) is 6.55. The third kappa shape index (κ3) is 7.54. The summed E-state index contributed by atoms with van der Waals surface area (Å²) in [5.74, 6) is 1.89. The fraction of sp³-hybridized carbons (Fsp3) is 0.357. The lowest BCUT2D eigenvalue weighted by Crippen LogP contribution is -2.13. The number of nitrogens with zero attached hydrogens (tertiary/aromatic N) is 3. The summed E-state index contributed by atoms with van der Waals surface area (Å²) in [5, 5.41) is 21.3. The van der Waals surface area contributed by atoms with Gasteiger partial charge in [0, 0.05) is 5.92 Å². The smallest absolute Gasteiger partial charge is 0.268 e. The van der Waals surface area contributed by atoms with Crippen LogP contribution in [0.4, 0.5) is 5.13 Å². The van der Waals surface area contributed by atoms with Crippen LogP contribution < -0.4 is 19.5 Å². The molecule has 0 atom stereocenters. The van der Waals surface area contributed by atoms with Crippen LogP contribution in [0.25, 0.3) is 6.08 Å². The van der Waals surface area contributed by atoms with Gasteiger partial charge in [0.05, 0.1) is 7.11 Å². The van der Waals surface area contributed by atoms with Gasteiger partial charge >= 0.3 is 0 Å². The summed E-state index contributed by atoms with van der Waals surface area (Å²) < 4.78 is 17.3. The molecular formula is C28H32N4O4S. The summed E-state index contributed by atoms with van der Waals surface area (Å²) in [6, 6.07) is 13.4. The third-order valence-electron chi connectivity index (χ3n) is 5.41. The Kier molecular flexibility index (Phi) is 9.64. The van der Waals surface area contributed by atoms with Gasteiger partial charge in [0.1, 0.15) is 35.6 Å². The first-order valence-corrected chi connectivity index (χ1v) is 12.8. The van der Waals surface area contributed by atoms with E-state index in [9.17, 15) is 10.1 Å². The second-order valence-corrected chi connectivity index (χ2v) is 10.0. The zero-order valence-corrected chi connectivity index (χ0v) is 22.8. The number of carbonyl (C=O) groups excluding carboxylic acids is 1. The predicted octanol–water partition coefficient (Wildman–Crippen LogP) is 6.11. The fourth-order valence-electron chi connectivity index (χ4n) is 3.44. The van der Waals surface area contributed by atoms with Gasteiger partial charge in [0.25, 0.3) is 5.91 Å². The Balaban J connectivity index is 1.64. The van der Waals surface area contributed by atoms with Crippen molar-refractivity contribution in [1.29, 1.82) is 5.26 Å². The fourth-order valence-corrected chi connectivity index (χ4v) is 4.18. The summed E-state index contributed by atoms with van der Waals surface area (Å²) in [6.45, 7) is 11.0. The van der Waals surface area contributed by atoms with Crippen LogP contribution >= 0.6 is 11.3 Å². The van der Waals surface area contributed by atoms with Crippen LogP contribution in [0.2, 0.25) is 0 Å². The summed E-state index contributed by atoms with van der Waals surface area (Å²) in [7, 11) is 1.54. The van der Waals surface area contributed by atoms with Crippen molar-refractivity contribution in [2.45, 2.75) is 46.5 Å². The van der Waals surface area contributed by atoms with Crippen molar-refractivity contribution in [2.24, 2.45) is 0 Å². The summed E-state index contributed by atoms with van der Waals surface area (Å²) in [6.07, 6.45) is 1.49. The van der Waals surface area contributed by atoms with E-state index >= 15 is 0 Å². The molecule has 0 spiro atoms. The number of hydrogen-bond acceptors (Lipinski definition) is 8. The quantitative estimate of drug-likeness (QED) is 0.185. The Morgan fingerprint density at radius 3 is 2.38 bits per heavy atom. The monoisotopic (exact) mass is 520 g/mol. The van der Waals surface area contributed by atoms with E-state index in [2.05, 4.69) is 41.5 Å². The van der Waals surface area contributed by atoms with Gasteiger partial charge < -0.3 is 14.2 Å². The molecule has 1 aromatic heterocycles. The second kappa shape index (κ2) is 12.9. The molecule has 0 bridgehead atoms. The van der Waals surface area contributed by atoms with Crippen molar-refractivity contribution in [3.63, 3.8) is 0 Å². The van der Waals surface area contributed by atoms with Crippen LogP contribution in [0.15, 0.2) is 42.0 Å². The average Bonchev–Trinajstić information content (AvgIpc) is 3.34. The highest BCUT2D eigenvalue weighted by molar-refractivity contribution is 7.15. The van der Waals surface area contributed by atoms with Crippen LogP contribution in [0.3, 0.4) is 0 Å². The van der Waals surface area contributed by atoms with Gasteiger partial charge in [-0.15, -0.1) is 10.2 Å². The maximum absolute atomic E-state index is 12.6. The van der Waals surface area contributed by atoms with Crippen molar-refractivity contribution in [2.75, 3.05) is 25.6 Å². The Labute approximate surface area is 221 Å². The molecule has 0 unspecified atom stereocenters. The molecule has 0 aliphatic carbocycles. The molecule has 0 fully saturated rings. The van der Waals surface area contributed by atoms with E-state index in [0.717, 1.165) is 21.9 Å². The zero-order valence-electron chi connectivity index (χ0n) is 22.0. The van der Waals surface area contributed by atoms with E-state index < -0.39 is 5.91 Å². The molecule has 0 aliphatic rings. The lowest BCUT2D eigenvalue weighted by molar-refractivity contribution is -0.112. The number of ether oxygens (including phenoxy) is 3. The van der Waals surface area contributed by atoms with Crippen molar-refractivity contribution in [3.05, 3.63) is 63.7 Å². The van der Waals surface area contributed by atoms with Gasteiger partial charge in [-0.2, -0.15) is 5.26 Å². The number of nitrogens with one attached hydrogen (secondary N) is 1. The molecule has 194 valence electrons. The molecule has 1 heterocycles. The van der Waals surface area contributed by atoms with Gasteiger partial charge in [0.15, 0.2) is 11.5 Å². The molecule has 3 rings (SSSR count). The Bertz CT molecular complexity index is 1310. The summed E-state index contributed by atoms with van der Waals surface area (Å²) >= 11 is 1.28. The molecule has 1 amide bonds. The number of methoxy groups -OCH3 is 1. The molecule has 0 saturated carbocycles. The highest BCUT2D eigenvalue weighted by atomic mass is 32.1. The maximum Gasteiger partial charge on any atom is 0.268 e. The van der Waals surface area contributed by atoms with Crippen LogP contribution in [-0.2, 0) is 4.79 Å². The first kappa shape index (κ1) is 27.7. The number of amides is 1. The molecule has 9 heteroatoms. The van der Waals surface area contributed by atoms with Crippen molar-refractivity contribution >= 4 is 28.5 Å². The van der Waals surface area contributed by atoms with Gasteiger partial charge in [-0.25, -0.2) is 0 Å². The number of rotatable bonds is 11. The molecule has 0 radical (unpaired) electrons. The van der Waals surface area contributed by atoms with E-state index in [4.69, 9.17) is 14.2 Å². The van der Waals surface area contributed by atoms with Gasteiger partial charge in [-0.1, -0.05) is 57.2 Å². The lowest BCUT2D eigenvalue weighted by Gasteiger charge is -2.16. The van der Waals surface area contributed by atoms with E-state index in [0.29, 0.717) is 41.3 Å². The van der Waals surface area contributed by atoms with Crippen LogP contribution in [-0.4, -0.2) is 36.4 Å². The minimum absolute atomic E-state index is 0.0653. The predicted molar refractivity (Wildman–Crippen MR) is 145 cm³/mol. The van der Waals surface area contributed by atoms with Crippen molar-refractivity contribution < 1.29 is 19.0 Å². The lowest BCUT2D eigenvalue weighted by atomic mass is 10.0. The van der Waals surface area contributed by atoms with E-state index in [1.165, 1.54) is 24.5 Å². The van der Waals surface area contributed by atoms with Crippen molar-refractivity contribution in [1.82, 2.24) is 10.2 Å². The SMILES string of the molecule is COc1cc(C=C(C#N)C(=O)Nc2nnc(C(C)C)s2)ccc1OCCOc1cc(C)ccc1C(C)C. The second-order valence-electron chi connectivity index (χ2n) is 9.03. The number of nitriles is 1. The Hall–Kier alpha value is -3.90. The number of aromatic nitrogens is 2. The molecule has 37 heavy (non-hydrogen) atoms. The molecular weight excluding hydrogens is 488 g/mol. The first-order chi connectivity index (χ1) is 17.7. The van der Waals surface area contributed by atoms with Gasteiger partial charge in [-0.3, -0.25) is 10.1 Å². The highest BCUT2D eigenvalue weighted by Crippen LogP contribution is 2.30. The molecule has 3 aromatic rings. The van der Waals surface area contributed by atoms with E-state index in [-0.39, 0.29) is 11.5 Å². The number of anilines is 1. The van der Waals surface area contributed by atoms with E-state index in [1.54, 1.807) is 18.2 Å². The minimum atomic E-state index is -0.553. The van der Waals surface area contributed by atoms with Crippen LogP contribution in [0.5, 0.6) is 17.2 Å². The number of carbonyl (C=O) groups is 1. The van der Waals surface area contributed by atoms with Crippen LogP contribution in [0.1, 0.15) is 61.2 Å². The average molecular weight is 521 g/mol. The molecule has 0 saturated heterocycles. The molecule has 0 aliphatic heterocycles. The normalized spacial score (nSPS) is 11.4.